The van der Waals surface area contributed by atoms with Crippen LogP contribution in [-0.2, 0) is 6.61 Å². The molecule has 4 rings (SSSR count). The number of aromatic nitrogens is 2. The van der Waals surface area contributed by atoms with Crippen molar-refractivity contribution in [3.05, 3.63) is 95.4 Å². The molecule has 0 saturated carbocycles. The van der Waals surface area contributed by atoms with Crippen LogP contribution in [0.15, 0.2) is 67.4 Å². The van der Waals surface area contributed by atoms with Crippen LogP contribution in [0.25, 0.3) is 10.9 Å². The molecule has 0 atom stereocenters. The number of nitrogens with zero attached hydrogens (tertiary/aromatic N) is 3. The van der Waals surface area contributed by atoms with Crippen LogP contribution in [0.1, 0.15) is 22.5 Å². The molecule has 4 aromatic rings. The first-order valence-corrected chi connectivity index (χ1v) is 12.2. The van der Waals surface area contributed by atoms with Gasteiger partial charge in [0.1, 0.15) is 17.5 Å². The van der Waals surface area contributed by atoms with Crippen molar-refractivity contribution in [2.75, 3.05) is 7.11 Å². The average Bonchev–Trinajstić information content (AvgIpc) is 2.81. The summed E-state index contributed by atoms with van der Waals surface area (Å²) in [6.07, 6.45) is 1.53. The molecule has 6 nitrogen and oxygen atoms in total. The summed E-state index contributed by atoms with van der Waals surface area (Å²) in [6, 6.07) is 15.1. The zero-order valence-electron chi connectivity index (χ0n) is 18.6. The standard InChI is InChI=1S/C25H20Br2ClN3O3/c1-14-5-4-6-16(9-14)13-34-24-21(33-3)10-17(22(27)23(24)28)12-29-31-15(2)30-20-8-7-18(26)11-19(20)25(31)32/h4-12H,13H2,1-3H3. The summed E-state index contributed by atoms with van der Waals surface area (Å²) < 4.78 is 14.1. The number of aryl methyl sites for hydroxylation is 2. The molecule has 1 aromatic heterocycles. The zero-order chi connectivity index (χ0) is 24.4. The number of benzene rings is 3. The fourth-order valence-electron chi connectivity index (χ4n) is 3.46. The van der Waals surface area contributed by atoms with E-state index in [1.54, 1.807) is 32.2 Å². The van der Waals surface area contributed by atoms with Gasteiger partial charge in [0.05, 0.1) is 24.2 Å². The molecule has 3 aromatic carbocycles. The molecule has 0 aliphatic rings. The second kappa shape index (κ2) is 10.3. The summed E-state index contributed by atoms with van der Waals surface area (Å²) in [7, 11) is 1.54. The fraction of sp³-hybridized carbons (Fsp3) is 0.160. The molecule has 9 heteroatoms. The maximum absolute atomic E-state index is 13.0. The minimum atomic E-state index is -0.271. The molecule has 0 N–H and O–H groups in total. The second-order valence-electron chi connectivity index (χ2n) is 7.58. The Labute approximate surface area is 218 Å². The van der Waals surface area contributed by atoms with Gasteiger partial charge in [-0.05, 0) is 59.6 Å². The Morgan fingerprint density at radius 2 is 1.94 bits per heavy atom. The van der Waals surface area contributed by atoms with Gasteiger partial charge in [-0.3, -0.25) is 4.79 Å². The molecule has 0 spiro atoms. The molecule has 174 valence electrons. The SMILES string of the molecule is COc1cc(C=Nn2c(C)nc3ccc(Br)cc3c2=O)c(Br)c(Cl)c1OCc1cccc(C)c1. The van der Waals surface area contributed by atoms with E-state index in [1.807, 2.05) is 37.3 Å². The van der Waals surface area contributed by atoms with Crippen LogP contribution in [0, 0.1) is 13.8 Å². The molecular weight excluding hydrogens is 586 g/mol. The predicted octanol–water partition coefficient (Wildman–Crippen LogP) is 6.66. The Morgan fingerprint density at radius 3 is 2.68 bits per heavy atom. The van der Waals surface area contributed by atoms with E-state index in [-0.39, 0.29) is 5.56 Å². The van der Waals surface area contributed by atoms with E-state index in [2.05, 4.69) is 41.9 Å². The van der Waals surface area contributed by atoms with Gasteiger partial charge >= 0.3 is 0 Å². The molecule has 0 saturated heterocycles. The molecule has 0 bridgehead atoms. The van der Waals surface area contributed by atoms with Gasteiger partial charge in [0.2, 0.25) is 0 Å². The number of methoxy groups -OCH3 is 1. The lowest BCUT2D eigenvalue weighted by atomic mass is 10.1. The van der Waals surface area contributed by atoms with Crippen molar-refractivity contribution < 1.29 is 9.47 Å². The number of ether oxygens (including phenoxy) is 2. The van der Waals surface area contributed by atoms with Crippen molar-refractivity contribution in [1.29, 1.82) is 0 Å². The number of fused-ring (bicyclic) bond motifs is 1. The van der Waals surface area contributed by atoms with E-state index >= 15 is 0 Å². The van der Waals surface area contributed by atoms with E-state index in [0.717, 1.165) is 15.6 Å². The number of hydrogen-bond acceptors (Lipinski definition) is 5. The van der Waals surface area contributed by atoms with Gasteiger partial charge in [0.15, 0.2) is 11.5 Å². The smallest absolute Gasteiger partial charge is 0.282 e. The van der Waals surface area contributed by atoms with Crippen molar-refractivity contribution in [3.8, 4) is 11.5 Å². The highest BCUT2D eigenvalue weighted by Gasteiger charge is 2.17. The van der Waals surface area contributed by atoms with Crippen LogP contribution in [0.3, 0.4) is 0 Å². The summed E-state index contributed by atoms with van der Waals surface area (Å²) >= 11 is 13.5. The van der Waals surface area contributed by atoms with Gasteiger partial charge in [-0.2, -0.15) is 9.78 Å². The van der Waals surface area contributed by atoms with Gasteiger partial charge in [-0.15, -0.1) is 0 Å². The topological polar surface area (TPSA) is 65.7 Å². The van der Waals surface area contributed by atoms with Gasteiger partial charge in [0.25, 0.3) is 5.56 Å². The van der Waals surface area contributed by atoms with Crippen LogP contribution < -0.4 is 15.0 Å². The van der Waals surface area contributed by atoms with Crippen LogP contribution in [0.2, 0.25) is 5.02 Å². The first-order chi connectivity index (χ1) is 16.3. The maximum Gasteiger partial charge on any atom is 0.282 e. The average molecular weight is 606 g/mol. The molecule has 0 aliphatic heterocycles. The Hall–Kier alpha value is -2.68. The van der Waals surface area contributed by atoms with Gasteiger partial charge in [-0.25, -0.2) is 4.98 Å². The molecule has 0 radical (unpaired) electrons. The van der Waals surface area contributed by atoms with E-state index in [9.17, 15) is 4.79 Å². The molecular formula is C25H20Br2ClN3O3. The Kier molecular flexibility index (Phi) is 7.40. The predicted molar refractivity (Wildman–Crippen MR) is 143 cm³/mol. The second-order valence-corrected chi connectivity index (χ2v) is 9.67. The minimum Gasteiger partial charge on any atom is -0.493 e. The quantitative estimate of drug-likeness (QED) is 0.231. The molecule has 0 fully saturated rings. The van der Waals surface area contributed by atoms with Crippen molar-refractivity contribution in [2.45, 2.75) is 20.5 Å². The van der Waals surface area contributed by atoms with Crippen LogP contribution >= 0.6 is 43.5 Å². The molecule has 1 heterocycles. The molecule has 0 unspecified atom stereocenters. The maximum atomic E-state index is 13.0. The largest absolute Gasteiger partial charge is 0.493 e. The van der Waals surface area contributed by atoms with E-state index in [0.29, 0.717) is 49.9 Å². The summed E-state index contributed by atoms with van der Waals surface area (Å²) in [6.45, 7) is 4.09. The highest BCUT2D eigenvalue weighted by Crippen LogP contribution is 2.42. The first-order valence-electron chi connectivity index (χ1n) is 10.3. The van der Waals surface area contributed by atoms with Gasteiger partial charge in [-0.1, -0.05) is 57.4 Å². The summed E-state index contributed by atoms with van der Waals surface area (Å²) in [5.74, 6) is 1.33. The number of rotatable bonds is 6. The van der Waals surface area contributed by atoms with Crippen molar-refractivity contribution in [2.24, 2.45) is 5.10 Å². The number of hydrogen-bond donors (Lipinski definition) is 0. The third-order valence-corrected chi connectivity index (χ3v) is 7.06. The van der Waals surface area contributed by atoms with Gasteiger partial charge < -0.3 is 9.47 Å². The normalized spacial score (nSPS) is 11.4. The Balaban J connectivity index is 1.69. The first kappa shape index (κ1) is 24.4. The van der Waals surface area contributed by atoms with Crippen LogP contribution in [0.5, 0.6) is 11.5 Å². The van der Waals surface area contributed by atoms with E-state index < -0.39 is 0 Å². The Morgan fingerprint density at radius 1 is 1.15 bits per heavy atom. The summed E-state index contributed by atoms with van der Waals surface area (Å²) in [4.78, 5) is 17.5. The molecule has 0 amide bonds. The van der Waals surface area contributed by atoms with Crippen molar-refractivity contribution in [1.82, 2.24) is 9.66 Å². The third kappa shape index (κ3) is 5.04. The van der Waals surface area contributed by atoms with Crippen LogP contribution in [0.4, 0.5) is 0 Å². The fourth-order valence-corrected chi connectivity index (χ4v) is 4.47. The monoisotopic (exact) mass is 603 g/mol. The summed E-state index contributed by atoms with van der Waals surface area (Å²) in [5.41, 5.74) is 3.12. The third-order valence-electron chi connectivity index (χ3n) is 5.12. The van der Waals surface area contributed by atoms with Crippen molar-refractivity contribution in [3.63, 3.8) is 0 Å². The molecule has 34 heavy (non-hydrogen) atoms. The molecule has 0 aliphatic carbocycles. The minimum absolute atomic E-state index is 0.271. The van der Waals surface area contributed by atoms with Crippen molar-refractivity contribution >= 4 is 60.6 Å². The lowest BCUT2D eigenvalue weighted by Gasteiger charge is -2.15. The van der Waals surface area contributed by atoms with E-state index in [4.69, 9.17) is 21.1 Å². The number of halogens is 3. The summed E-state index contributed by atoms with van der Waals surface area (Å²) in [5, 5.41) is 5.19. The van der Waals surface area contributed by atoms with E-state index in [1.165, 1.54) is 10.9 Å². The van der Waals surface area contributed by atoms with Gasteiger partial charge in [0, 0.05) is 14.5 Å². The lowest BCUT2D eigenvalue weighted by molar-refractivity contribution is 0.284. The highest BCUT2D eigenvalue weighted by molar-refractivity contribution is 9.10. The van der Waals surface area contributed by atoms with Crippen LogP contribution in [-0.4, -0.2) is 23.0 Å². The lowest BCUT2D eigenvalue weighted by Crippen LogP contribution is -2.20. The zero-order valence-corrected chi connectivity index (χ0v) is 22.5. The highest BCUT2D eigenvalue weighted by atomic mass is 79.9. The Bertz CT molecular complexity index is 1480.